The molecule has 1 amide bonds. The normalized spacial score (nSPS) is 16.9. The molecule has 1 N–H and O–H groups in total. The molecular formula is C12H16F3N3O2S. The van der Waals surface area contributed by atoms with Gasteiger partial charge in [-0.05, 0) is 19.8 Å². The van der Waals surface area contributed by atoms with Crippen molar-refractivity contribution >= 4 is 22.6 Å². The van der Waals surface area contributed by atoms with E-state index in [0.717, 1.165) is 16.7 Å². The van der Waals surface area contributed by atoms with Crippen LogP contribution in [0, 0.1) is 0 Å². The number of hydrogen-bond acceptors (Lipinski definition) is 5. The maximum atomic E-state index is 12.5. The van der Waals surface area contributed by atoms with Gasteiger partial charge in [0.15, 0.2) is 10.8 Å². The fourth-order valence-corrected chi connectivity index (χ4v) is 2.86. The number of rotatable bonds is 3. The number of anilines is 1. The molecule has 0 radical (unpaired) electrons. The van der Waals surface area contributed by atoms with Crippen LogP contribution in [0.5, 0.6) is 0 Å². The number of amides is 1. The average molecular weight is 323 g/mol. The summed E-state index contributed by atoms with van der Waals surface area (Å²) in [7, 11) is 0. The highest BCUT2D eigenvalue weighted by molar-refractivity contribution is 7.13. The third-order valence-corrected chi connectivity index (χ3v) is 3.92. The molecule has 0 aromatic carbocycles. The summed E-state index contributed by atoms with van der Waals surface area (Å²) in [4.78, 5) is 16.7. The molecule has 0 aliphatic carbocycles. The van der Waals surface area contributed by atoms with Crippen LogP contribution in [0.15, 0.2) is 5.38 Å². The highest BCUT2D eigenvalue weighted by Gasteiger charge is 2.34. The first-order chi connectivity index (χ1) is 9.90. The molecular weight excluding hydrogens is 307 g/mol. The number of likely N-dealkylation sites (tertiary alicyclic amines) is 1. The molecule has 0 saturated carbocycles. The van der Waals surface area contributed by atoms with Gasteiger partial charge in [-0.1, -0.05) is 0 Å². The number of piperidine rings is 1. The van der Waals surface area contributed by atoms with Crippen LogP contribution in [0.2, 0.25) is 0 Å². The number of carbonyl (C=O) groups is 1. The smallest absolute Gasteiger partial charge is 0.434 e. The van der Waals surface area contributed by atoms with Gasteiger partial charge in [0.05, 0.1) is 6.61 Å². The molecule has 1 aliphatic rings. The molecule has 1 aromatic rings. The van der Waals surface area contributed by atoms with Crippen LogP contribution in [0.1, 0.15) is 25.5 Å². The first kappa shape index (κ1) is 15.9. The minimum atomic E-state index is -4.41. The maximum absolute atomic E-state index is 12.5. The summed E-state index contributed by atoms with van der Waals surface area (Å²) >= 11 is 0.938. The van der Waals surface area contributed by atoms with E-state index in [4.69, 9.17) is 4.74 Å². The first-order valence-corrected chi connectivity index (χ1v) is 7.49. The largest absolute Gasteiger partial charge is 0.450 e. The van der Waals surface area contributed by atoms with E-state index < -0.39 is 11.9 Å². The summed E-state index contributed by atoms with van der Waals surface area (Å²) in [5.74, 6) is 0. The summed E-state index contributed by atoms with van der Waals surface area (Å²) in [5.41, 5.74) is -0.876. The highest BCUT2D eigenvalue weighted by atomic mass is 32.1. The van der Waals surface area contributed by atoms with Gasteiger partial charge in [-0.25, -0.2) is 9.78 Å². The Balaban J connectivity index is 1.83. The zero-order chi connectivity index (χ0) is 15.5. The Kier molecular flexibility index (Phi) is 4.92. The number of hydrogen-bond donors (Lipinski definition) is 1. The van der Waals surface area contributed by atoms with Gasteiger partial charge in [-0.2, -0.15) is 13.2 Å². The SMILES string of the molecule is CCOC(=O)N1CCC(Nc2nc(C(F)(F)F)cs2)CC1. The van der Waals surface area contributed by atoms with Crippen molar-refractivity contribution in [3.63, 3.8) is 0 Å². The summed E-state index contributed by atoms with van der Waals surface area (Å²) in [6, 6.07) is 0.0166. The van der Waals surface area contributed by atoms with E-state index in [1.807, 2.05) is 0 Å². The Labute approximate surface area is 124 Å². The van der Waals surface area contributed by atoms with E-state index in [1.54, 1.807) is 11.8 Å². The number of halogens is 3. The van der Waals surface area contributed by atoms with Crippen LogP contribution in [-0.2, 0) is 10.9 Å². The van der Waals surface area contributed by atoms with E-state index in [-0.39, 0.29) is 17.3 Å². The van der Waals surface area contributed by atoms with Crippen molar-refractivity contribution in [2.75, 3.05) is 25.0 Å². The van der Waals surface area contributed by atoms with Gasteiger partial charge < -0.3 is 15.0 Å². The lowest BCUT2D eigenvalue weighted by Crippen LogP contribution is -2.42. The standard InChI is InChI=1S/C12H16F3N3O2S/c1-2-20-11(19)18-5-3-8(4-6-18)16-10-17-9(7-21-10)12(13,14)15/h7-8H,2-6H2,1H3,(H,16,17). The number of nitrogens with one attached hydrogen (secondary N) is 1. The van der Waals surface area contributed by atoms with E-state index in [0.29, 0.717) is 32.5 Å². The molecule has 1 aromatic heterocycles. The summed E-state index contributed by atoms with van der Waals surface area (Å²) in [5, 5.41) is 4.25. The molecule has 2 heterocycles. The predicted octanol–water partition coefficient (Wildman–Crippen LogP) is 3.19. The van der Waals surface area contributed by atoms with Gasteiger partial charge in [0.1, 0.15) is 0 Å². The Morgan fingerprint density at radius 1 is 1.52 bits per heavy atom. The van der Waals surface area contributed by atoms with Crippen LogP contribution < -0.4 is 5.32 Å². The van der Waals surface area contributed by atoms with Gasteiger partial charge in [0.25, 0.3) is 0 Å². The van der Waals surface area contributed by atoms with Crippen molar-refractivity contribution in [1.82, 2.24) is 9.88 Å². The molecule has 1 aliphatic heterocycles. The van der Waals surface area contributed by atoms with Crippen molar-refractivity contribution in [2.24, 2.45) is 0 Å². The molecule has 118 valence electrons. The lowest BCUT2D eigenvalue weighted by Gasteiger charge is -2.31. The van der Waals surface area contributed by atoms with Crippen molar-refractivity contribution in [3.05, 3.63) is 11.1 Å². The number of aromatic nitrogens is 1. The van der Waals surface area contributed by atoms with Gasteiger partial charge in [-0.3, -0.25) is 0 Å². The average Bonchev–Trinajstić information content (AvgIpc) is 2.88. The van der Waals surface area contributed by atoms with E-state index in [2.05, 4.69) is 10.3 Å². The molecule has 2 rings (SSSR count). The molecule has 0 bridgehead atoms. The third kappa shape index (κ3) is 4.23. The lowest BCUT2D eigenvalue weighted by atomic mass is 10.1. The molecule has 1 saturated heterocycles. The van der Waals surface area contributed by atoms with Gasteiger partial charge in [0.2, 0.25) is 0 Å². The number of alkyl halides is 3. The second-order valence-electron chi connectivity index (χ2n) is 4.64. The summed E-state index contributed by atoms with van der Waals surface area (Å²) in [6.45, 7) is 3.12. The highest BCUT2D eigenvalue weighted by Crippen LogP contribution is 2.32. The fourth-order valence-electron chi connectivity index (χ4n) is 2.07. The molecule has 1 fully saturated rings. The zero-order valence-electron chi connectivity index (χ0n) is 11.4. The summed E-state index contributed by atoms with van der Waals surface area (Å²) in [6.07, 6.45) is -3.45. The van der Waals surface area contributed by atoms with Crippen LogP contribution in [0.25, 0.3) is 0 Å². The molecule has 0 spiro atoms. The summed E-state index contributed by atoms with van der Waals surface area (Å²) < 4.78 is 42.3. The molecule has 5 nitrogen and oxygen atoms in total. The quantitative estimate of drug-likeness (QED) is 0.928. The second kappa shape index (κ2) is 6.50. The maximum Gasteiger partial charge on any atom is 0.434 e. The predicted molar refractivity (Wildman–Crippen MR) is 72.4 cm³/mol. The van der Waals surface area contributed by atoms with Crippen LogP contribution in [-0.4, -0.2) is 41.7 Å². The Morgan fingerprint density at radius 2 is 2.19 bits per heavy atom. The Morgan fingerprint density at radius 3 is 2.71 bits per heavy atom. The van der Waals surface area contributed by atoms with E-state index in [1.165, 1.54) is 0 Å². The lowest BCUT2D eigenvalue weighted by molar-refractivity contribution is -0.140. The third-order valence-electron chi connectivity index (χ3n) is 3.14. The number of carbonyl (C=O) groups excluding carboxylic acids is 1. The van der Waals surface area contributed by atoms with Crippen molar-refractivity contribution in [3.8, 4) is 0 Å². The van der Waals surface area contributed by atoms with Crippen LogP contribution in [0.3, 0.4) is 0 Å². The van der Waals surface area contributed by atoms with Crippen molar-refractivity contribution < 1.29 is 22.7 Å². The topological polar surface area (TPSA) is 54.5 Å². The van der Waals surface area contributed by atoms with E-state index in [9.17, 15) is 18.0 Å². The number of nitrogens with zero attached hydrogens (tertiary/aromatic N) is 2. The van der Waals surface area contributed by atoms with Crippen molar-refractivity contribution in [2.45, 2.75) is 32.0 Å². The monoisotopic (exact) mass is 323 g/mol. The van der Waals surface area contributed by atoms with Crippen LogP contribution in [0.4, 0.5) is 23.1 Å². The number of thiazole rings is 1. The molecule has 0 unspecified atom stereocenters. The Bertz CT molecular complexity index is 484. The first-order valence-electron chi connectivity index (χ1n) is 6.61. The van der Waals surface area contributed by atoms with Gasteiger partial charge >= 0.3 is 12.3 Å². The molecule has 9 heteroatoms. The molecule has 0 atom stereocenters. The van der Waals surface area contributed by atoms with E-state index >= 15 is 0 Å². The van der Waals surface area contributed by atoms with Crippen molar-refractivity contribution in [1.29, 1.82) is 0 Å². The van der Waals surface area contributed by atoms with Gasteiger partial charge in [-0.15, -0.1) is 11.3 Å². The zero-order valence-corrected chi connectivity index (χ0v) is 12.3. The van der Waals surface area contributed by atoms with Crippen LogP contribution >= 0.6 is 11.3 Å². The second-order valence-corrected chi connectivity index (χ2v) is 5.50. The fraction of sp³-hybridized carbons (Fsp3) is 0.667. The Hall–Kier alpha value is -1.51. The van der Waals surface area contributed by atoms with Gasteiger partial charge in [0, 0.05) is 24.5 Å². The minimum absolute atomic E-state index is 0.0166. The molecule has 21 heavy (non-hydrogen) atoms. The number of ether oxygens (including phenoxy) is 1. The minimum Gasteiger partial charge on any atom is -0.450 e.